The second-order valence-corrected chi connectivity index (χ2v) is 5.33. The van der Waals surface area contributed by atoms with Gasteiger partial charge in [0.05, 0.1) is 24.4 Å². The summed E-state index contributed by atoms with van der Waals surface area (Å²) in [5.74, 6) is 1.03. The maximum absolute atomic E-state index is 11.5. The minimum Gasteiger partial charge on any atom is -0.491 e. The Labute approximate surface area is 122 Å². The van der Waals surface area contributed by atoms with E-state index in [-0.39, 0.29) is 12.5 Å². The van der Waals surface area contributed by atoms with Gasteiger partial charge in [-0.3, -0.25) is 9.48 Å². The average Bonchev–Trinajstić information content (AvgIpc) is 3.18. The monoisotopic (exact) mass is 289 g/mol. The molecule has 1 saturated carbocycles. The van der Waals surface area contributed by atoms with Crippen LogP contribution in [0.25, 0.3) is 10.9 Å². The zero-order valence-corrected chi connectivity index (χ0v) is 12.0. The fraction of sp³-hybridized carbons (Fsp3) is 0.467. The van der Waals surface area contributed by atoms with Crippen molar-refractivity contribution >= 4 is 22.6 Å². The average molecular weight is 289 g/mol. The summed E-state index contributed by atoms with van der Waals surface area (Å²) in [5.41, 5.74) is 7.36. The summed E-state index contributed by atoms with van der Waals surface area (Å²) in [6, 6.07) is 3.65. The van der Waals surface area contributed by atoms with Gasteiger partial charge in [0.25, 0.3) is 0 Å². The third-order valence-electron chi connectivity index (χ3n) is 3.45. The van der Waals surface area contributed by atoms with Crippen molar-refractivity contribution in [1.82, 2.24) is 9.78 Å². The van der Waals surface area contributed by atoms with Crippen molar-refractivity contribution in [2.24, 2.45) is 5.92 Å². The van der Waals surface area contributed by atoms with Crippen LogP contribution in [-0.4, -0.2) is 29.0 Å². The van der Waals surface area contributed by atoms with Gasteiger partial charge in [-0.05, 0) is 31.7 Å². The summed E-state index contributed by atoms with van der Waals surface area (Å²) in [7, 11) is 0. The molecule has 6 nitrogen and oxygen atoms in total. The molecule has 0 radical (unpaired) electrons. The third kappa shape index (κ3) is 3.26. The van der Waals surface area contributed by atoms with Gasteiger partial charge in [-0.2, -0.15) is 5.10 Å². The fourth-order valence-electron chi connectivity index (χ4n) is 2.16. The van der Waals surface area contributed by atoms with E-state index in [1.54, 1.807) is 17.8 Å². The van der Waals surface area contributed by atoms with Gasteiger partial charge in [-0.25, -0.2) is 0 Å². The number of fused-ring (bicyclic) bond motifs is 1. The van der Waals surface area contributed by atoms with E-state index in [0.717, 1.165) is 10.9 Å². The van der Waals surface area contributed by atoms with E-state index >= 15 is 0 Å². The molecule has 0 unspecified atom stereocenters. The quantitative estimate of drug-likeness (QED) is 0.649. The van der Waals surface area contributed by atoms with Crippen molar-refractivity contribution in [3.05, 3.63) is 18.3 Å². The summed E-state index contributed by atoms with van der Waals surface area (Å²) in [5, 5.41) is 5.24. The standard InChI is InChI=1S/C15H19N3O3/c1-2-20-15(19)8-18-7-11-5-12(16)14(6-13(11)17-18)21-9-10-3-4-10/h5-7,10H,2-4,8-9,16H2,1H3. The van der Waals surface area contributed by atoms with Crippen LogP contribution in [0.3, 0.4) is 0 Å². The molecular weight excluding hydrogens is 270 g/mol. The number of nitrogens with zero attached hydrogens (tertiary/aromatic N) is 2. The van der Waals surface area contributed by atoms with Crippen molar-refractivity contribution in [1.29, 1.82) is 0 Å². The largest absolute Gasteiger partial charge is 0.491 e. The first-order valence-electron chi connectivity index (χ1n) is 7.21. The number of anilines is 1. The molecule has 2 N–H and O–H groups in total. The number of hydrogen-bond acceptors (Lipinski definition) is 5. The van der Waals surface area contributed by atoms with Gasteiger partial charge < -0.3 is 15.2 Å². The zero-order valence-electron chi connectivity index (χ0n) is 12.0. The van der Waals surface area contributed by atoms with Crippen LogP contribution in [0.15, 0.2) is 18.3 Å². The van der Waals surface area contributed by atoms with E-state index in [2.05, 4.69) is 5.10 Å². The van der Waals surface area contributed by atoms with E-state index in [4.69, 9.17) is 15.2 Å². The lowest BCUT2D eigenvalue weighted by molar-refractivity contribution is -0.144. The van der Waals surface area contributed by atoms with Crippen molar-refractivity contribution in [3.63, 3.8) is 0 Å². The molecule has 3 rings (SSSR count). The van der Waals surface area contributed by atoms with Crippen molar-refractivity contribution in [2.45, 2.75) is 26.3 Å². The highest BCUT2D eigenvalue weighted by molar-refractivity contribution is 5.85. The van der Waals surface area contributed by atoms with Crippen molar-refractivity contribution < 1.29 is 14.3 Å². The van der Waals surface area contributed by atoms with Gasteiger partial charge in [0.1, 0.15) is 12.3 Å². The first-order valence-corrected chi connectivity index (χ1v) is 7.21. The Morgan fingerprint density at radius 2 is 2.29 bits per heavy atom. The van der Waals surface area contributed by atoms with Crippen LogP contribution in [0.4, 0.5) is 5.69 Å². The van der Waals surface area contributed by atoms with Crippen LogP contribution in [0.2, 0.25) is 0 Å². The maximum Gasteiger partial charge on any atom is 0.327 e. The number of ether oxygens (including phenoxy) is 2. The lowest BCUT2D eigenvalue weighted by Crippen LogP contribution is -2.13. The number of esters is 1. The number of carbonyl (C=O) groups excluding carboxylic acids is 1. The molecule has 1 aromatic heterocycles. The van der Waals surface area contributed by atoms with Gasteiger partial charge >= 0.3 is 5.97 Å². The van der Waals surface area contributed by atoms with Crippen LogP contribution in [-0.2, 0) is 16.1 Å². The molecule has 112 valence electrons. The fourth-order valence-corrected chi connectivity index (χ4v) is 2.16. The van der Waals surface area contributed by atoms with Crippen LogP contribution >= 0.6 is 0 Å². The Morgan fingerprint density at radius 1 is 1.48 bits per heavy atom. The van der Waals surface area contributed by atoms with Crippen LogP contribution < -0.4 is 10.5 Å². The molecule has 1 aromatic carbocycles. The molecule has 2 aromatic rings. The van der Waals surface area contributed by atoms with Crippen molar-refractivity contribution in [3.8, 4) is 5.75 Å². The van der Waals surface area contributed by atoms with Crippen LogP contribution in [0.1, 0.15) is 19.8 Å². The maximum atomic E-state index is 11.5. The minimum absolute atomic E-state index is 0.0979. The predicted octanol–water partition coefficient (Wildman–Crippen LogP) is 1.97. The molecular formula is C15H19N3O3. The molecule has 1 heterocycles. The molecule has 21 heavy (non-hydrogen) atoms. The molecule has 0 atom stereocenters. The molecule has 1 aliphatic carbocycles. The Hall–Kier alpha value is -2.24. The Bertz CT molecular complexity index is 661. The van der Waals surface area contributed by atoms with E-state index in [9.17, 15) is 4.79 Å². The number of aromatic nitrogens is 2. The Kier molecular flexibility index (Phi) is 3.68. The van der Waals surface area contributed by atoms with Crippen molar-refractivity contribution in [2.75, 3.05) is 18.9 Å². The summed E-state index contributed by atoms with van der Waals surface area (Å²) < 4.78 is 12.2. The number of hydrogen-bond donors (Lipinski definition) is 1. The summed E-state index contributed by atoms with van der Waals surface area (Å²) in [4.78, 5) is 11.5. The molecule has 0 aliphatic heterocycles. The highest BCUT2D eigenvalue weighted by atomic mass is 16.5. The van der Waals surface area contributed by atoms with Gasteiger partial charge in [0, 0.05) is 17.6 Å². The van der Waals surface area contributed by atoms with Crippen LogP contribution in [0.5, 0.6) is 5.75 Å². The summed E-state index contributed by atoms with van der Waals surface area (Å²) >= 11 is 0. The lowest BCUT2D eigenvalue weighted by atomic mass is 10.2. The SMILES string of the molecule is CCOC(=O)Cn1cc2cc(N)c(OCC3CC3)cc2n1. The lowest BCUT2D eigenvalue weighted by Gasteiger charge is -2.07. The second kappa shape index (κ2) is 5.63. The number of nitrogen functional groups attached to an aromatic ring is 1. The normalized spacial score (nSPS) is 14.3. The van der Waals surface area contributed by atoms with E-state index in [1.807, 2.05) is 12.1 Å². The topological polar surface area (TPSA) is 79.4 Å². The predicted molar refractivity (Wildman–Crippen MR) is 79.0 cm³/mol. The molecule has 0 amide bonds. The third-order valence-corrected chi connectivity index (χ3v) is 3.45. The molecule has 1 aliphatic rings. The van der Waals surface area contributed by atoms with Gasteiger partial charge in [-0.15, -0.1) is 0 Å². The summed E-state index contributed by atoms with van der Waals surface area (Å²) in [6.07, 6.45) is 4.25. The number of carbonyl (C=O) groups is 1. The highest BCUT2D eigenvalue weighted by Crippen LogP contribution is 2.32. The van der Waals surface area contributed by atoms with Gasteiger partial charge in [0.15, 0.2) is 0 Å². The number of benzene rings is 1. The first kappa shape index (κ1) is 13.7. The molecule has 1 fully saturated rings. The van der Waals surface area contributed by atoms with E-state index < -0.39 is 0 Å². The van der Waals surface area contributed by atoms with E-state index in [1.165, 1.54) is 12.8 Å². The molecule has 0 bridgehead atoms. The minimum atomic E-state index is -0.302. The second-order valence-electron chi connectivity index (χ2n) is 5.33. The smallest absolute Gasteiger partial charge is 0.327 e. The van der Waals surface area contributed by atoms with Gasteiger partial charge in [0.2, 0.25) is 0 Å². The Balaban J connectivity index is 1.78. The summed E-state index contributed by atoms with van der Waals surface area (Å²) in [6.45, 7) is 2.95. The zero-order chi connectivity index (χ0) is 14.8. The molecule has 0 saturated heterocycles. The first-order chi connectivity index (χ1) is 10.2. The number of nitrogens with two attached hydrogens (primary N) is 1. The molecule has 0 spiro atoms. The van der Waals surface area contributed by atoms with E-state index in [0.29, 0.717) is 30.6 Å². The van der Waals surface area contributed by atoms with Gasteiger partial charge in [-0.1, -0.05) is 0 Å². The number of rotatable bonds is 6. The Morgan fingerprint density at radius 3 is 3.00 bits per heavy atom. The molecule has 6 heteroatoms. The van der Waals surface area contributed by atoms with Crippen LogP contribution in [0, 0.1) is 5.92 Å². The highest BCUT2D eigenvalue weighted by Gasteiger charge is 2.22.